The molecule has 2 aliphatic heterocycles. The van der Waals surface area contributed by atoms with E-state index in [0.717, 1.165) is 34.4 Å². The molecule has 0 aromatic heterocycles. The minimum Gasteiger partial charge on any atom is -0.493 e. The van der Waals surface area contributed by atoms with Crippen molar-refractivity contribution in [3.05, 3.63) is 98.8 Å². The molecule has 1 N–H and O–H groups in total. The lowest BCUT2D eigenvalue weighted by molar-refractivity contribution is -0.141. The minimum absolute atomic E-state index is 0.0561. The summed E-state index contributed by atoms with van der Waals surface area (Å²) < 4.78 is 35.6. The van der Waals surface area contributed by atoms with Gasteiger partial charge < -0.3 is 14.7 Å². The number of amides is 1. The van der Waals surface area contributed by atoms with Gasteiger partial charge in [0, 0.05) is 41.0 Å². The average Bonchev–Trinajstić information content (AvgIpc) is 3.71. The molecular weight excluding hydrogens is 597 g/mol. The SMILES string of the molecule is CC1(COc2cc(F)c(C(=O)N3C[C@H](F)C[C@H]3C(=O)O)cc2C2CC2)CN([C@@H](c2ccccc2)c2cc(Cl)cc(Cl)c2)C1. The molecule has 3 aliphatic rings. The maximum atomic E-state index is 15.4. The van der Waals surface area contributed by atoms with Crippen molar-refractivity contribution in [2.45, 2.75) is 50.4 Å². The molecular formula is C33H32Cl2F2N2O4. The van der Waals surface area contributed by atoms with Gasteiger partial charge in [0.25, 0.3) is 5.91 Å². The molecule has 226 valence electrons. The Morgan fingerprint density at radius 2 is 1.72 bits per heavy atom. The topological polar surface area (TPSA) is 70.1 Å². The summed E-state index contributed by atoms with van der Waals surface area (Å²) in [5, 5.41) is 10.6. The summed E-state index contributed by atoms with van der Waals surface area (Å²) in [4.78, 5) is 28.0. The molecule has 1 aliphatic carbocycles. The van der Waals surface area contributed by atoms with Crippen LogP contribution in [-0.2, 0) is 4.79 Å². The first kappa shape index (κ1) is 29.9. The summed E-state index contributed by atoms with van der Waals surface area (Å²) >= 11 is 12.7. The molecule has 1 saturated carbocycles. The van der Waals surface area contributed by atoms with E-state index < -0.39 is 29.9 Å². The van der Waals surface area contributed by atoms with Crippen molar-refractivity contribution in [3.8, 4) is 5.75 Å². The molecule has 43 heavy (non-hydrogen) atoms. The zero-order valence-electron chi connectivity index (χ0n) is 23.6. The Labute approximate surface area is 259 Å². The zero-order chi connectivity index (χ0) is 30.5. The number of rotatable bonds is 9. The monoisotopic (exact) mass is 628 g/mol. The van der Waals surface area contributed by atoms with E-state index >= 15 is 4.39 Å². The molecule has 3 aromatic carbocycles. The molecule has 3 atom stereocenters. The Balaban J connectivity index is 1.19. The highest BCUT2D eigenvalue weighted by Crippen LogP contribution is 2.47. The predicted octanol–water partition coefficient (Wildman–Crippen LogP) is 7.14. The Hall–Kier alpha value is -3.20. The Morgan fingerprint density at radius 3 is 2.35 bits per heavy atom. The van der Waals surface area contributed by atoms with Crippen LogP contribution in [0.2, 0.25) is 10.0 Å². The van der Waals surface area contributed by atoms with E-state index in [2.05, 4.69) is 24.0 Å². The molecule has 0 unspecified atom stereocenters. The number of carbonyl (C=O) groups is 2. The van der Waals surface area contributed by atoms with Gasteiger partial charge in [-0.3, -0.25) is 9.69 Å². The van der Waals surface area contributed by atoms with Crippen molar-refractivity contribution < 1.29 is 28.2 Å². The standard InChI is InChI=1S/C33H32Cl2F2N2O4/c1-33(16-38(17-33)30(20-5-3-2-4-6-20)21-9-22(34)11-23(35)10-21)18-43-29-14-27(37)26(13-25(29)19-7-8-19)31(40)39-15-24(36)12-28(39)32(41)42/h2-6,9-11,13-14,19,24,28,30H,7-8,12,15-18H2,1H3,(H,41,42)/t24-,28+,30+/m1/s1. The predicted molar refractivity (Wildman–Crippen MR) is 160 cm³/mol. The number of hydrogen-bond acceptors (Lipinski definition) is 4. The van der Waals surface area contributed by atoms with Gasteiger partial charge in [0.1, 0.15) is 23.8 Å². The van der Waals surface area contributed by atoms with E-state index in [-0.39, 0.29) is 35.9 Å². The fourth-order valence-electron chi connectivity index (χ4n) is 6.41. The van der Waals surface area contributed by atoms with Crippen LogP contribution in [0.3, 0.4) is 0 Å². The van der Waals surface area contributed by atoms with Crippen LogP contribution in [0.25, 0.3) is 0 Å². The molecule has 10 heteroatoms. The van der Waals surface area contributed by atoms with Gasteiger partial charge in [0.15, 0.2) is 0 Å². The lowest BCUT2D eigenvalue weighted by Crippen LogP contribution is -2.58. The number of hydrogen-bond donors (Lipinski definition) is 1. The van der Waals surface area contributed by atoms with Crippen LogP contribution in [0.1, 0.15) is 65.2 Å². The number of alkyl halides is 1. The van der Waals surface area contributed by atoms with Gasteiger partial charge in [0.05, 0.1) is 24.8 Å². The van der Waals surface area contributed by atoms with E-state index in [4.69, 9.17) is 27.9 Å². The number of carboxylic acid groups (broad SMARTS) is 1. The van der Waals surface area contributed by atoms with E-state index in [9.17, 15) is 19.1 Å². The summed E-state index contributed by atoms with van der Waals surface area (Å²) in [6.07, 6.45) is 0.00850. The smallest absolute Gasteiger partial charge is 0.326 e. The van der Waals surface area contributed by atoms with Gasteiger partial charge >= 0.3 is 5.97 Å². The summed E-state index contributed by atoms with van der Waals surface area (Å²) in [5.74, 6) is -2.40. The van der Waals surface area contributed by atoms with Crippen LogP contribution in [0.4, 0.5) is 8.78 Å². The second-order valence-corrected chi connectivity index (χ2v) is 13.2. The molecule has 0 spiro atoms. The normalized spacial score (nSPS) is 22.2. The first-order chi connectivity index (χ1) is 20.5. The Kier molecular flexibility index (Phi) is 8.13. The van der Waals surface area contributed by atoms with Crippen molar-refractivity contribution >= 4 is 35.1 Å². The highest BCUT2D eigenvalue weighted by atomic mass is 35.5. The minimum atomic E-state index is -1.46. The molecule has 3 fully saturated rings. The van der Waals surface area contributed by atoms with Crippen molar-refractivity contribution in [1.29, 1.82) is 0 Å². The van der Waals surface area contributed by atoms with Crippen molar-refractivity contribution in [2.75, 3.05) is 26.2 Å². The van der Waals surface area contributed by atoms with Crippen LogP contribution < -0.4 is 4.74 Å². The molecule has 2 heterocycles. The molecule has 6 rings (SSSR count). The zero-order valence-corrected chi connectivity index (χ0v) is 25.1. The van der Waals surface area contributed by atoms with Crippen molar-refractivity contribution in [1.82, 2.24) is 9.80 Å². The largest absolute Gasteiger partial charge is 0.493 e. The van der Waals surface area contributed by atoms with Crippen LogP contribution in [-0.4, -0.2) is 65.2 Å². The molecule has 6 nitrogen and oxygen atoms in total. The Morgan fingerprint density at radius 1 is 1.05 bits per heavy atom. The lowest BCUT2D eigenvalue weighted by Gasteiger charge is -2.51. The van der Waals surface area contributed by atoms with Crippen molar-refractivity contribution in [2.24, 2.45) is 5.41 Å². The lowest BCUT2D eigenvalue weighted by atomic mass is 9.79. The number of benzene rings is 3. The van der Waals surface area contributed by atoms with Gasteiger partial charge in [-0.25, -0.2) is 13.6 Å². The number of aliphatic carboxylic acids is 1. The Bertz CT molecular complexity index is 1530. The summed E-state index contributed by atoms with van der Waals surface area (Å²) in [5.41, 5.74) is 2.36. The highest BCUT2D eigenvalue weighted by molar-refractivity contribution is 6.34. The second-order valence-electron chi connectivity index (χ2n) is 12.3. The van der Waals surface area contributed by atoms with Gasteiger partial charge in [-0.15, -0.1) is 0 Å². The summed E-state index contributed by atoms with van der Waals surface area (Å²) in [6.45, 7) is 3.51. The van der Waals surface area contributed by atoms with Gasteiger partial charge in [-0.1, -0.05) is 60.5 Å². The third-order valence-corrected chi connectivity index (χ3v) is 9.01. The third-order valence-electron chi connectivity index (χ3n) is 8.57. The molecule has 0 radical (unpaired) electrons. The molecule has 1 amide bonds. The highest BCUT2D eigenvalue weighted by Gasteiger charge is 2.45. The van der Waals surface area contributed by atoms with E-state index in [1.165, 1.54) is 12.1 Å². The number of halogens is 4. The average molecular weight is 630 g/mol. The van der Waals surface area contributed by atoms with Crippen LogP contribution in [0.15, 0.2) is 60.7 Å². The van der Waals surface area contributed by atoms with E-state index in [0.29, 0.717) is 35.5 Å². The number of likely N-dealkylation sites (tertiary alicyclic amines) is 2. The quantitative estimate of drug-likeness (QED) is 0.273. The summed E-state index contributed by atoms with van der Waals surface area (Å²) in [7, 11) is 0. The number of carboxylic acids is 1. The van der Waals surface area contributed by atoms with Crippen LogP contribution >= 0.6 is 23.2 Å². The van der Waals surface area contributed by atoms with Gasteiger partial charge in [-0.2, -0.15) is 0 Å². The van der Waals surface area contributed by atoms with E-state index in [1.807, 2.05) is 30.3 Å². The van der Waals surface area contributed by atoms with Crippen molar-refractivity contribution in [3.63, 3.8) is 0 Å². The van der Waals surface area contributed by atoms with E-state index in [1.54, 1.807) is 6.07 Å². The fourth-order valence-corrected chi connectivity index (χ4v) is 6.96. The van der Waals surface area contributed by atoms with Crippen LogP contribution in [0.5, 0.6) is 5.75 Å². The number of carbonyl (C=O) groups excluding carboxylic acids is 1. The first-order valence-corrected chi connectivity index (χ1v) is 15.2. The van der Waals surface area contributed by atoms with Gasteiger partial charge in [0.2, 0.25) is 0 Å². The fraction of sp³-hybridized carbons (Fsp3) is 0.394. The van der Waals surface area contributed by atoms with Gasteiger partial charge in [-0.05, 0) is 59.7 Å². The number of nitrogens with zero attached hydrogens (tertiary/aromatic N) is 2. The maximum absolute atomic E-state index is 15.4. The molecule has 0 bridgehead atoms. The summed E-state index contributed by atoms with van der Waals surface area (Å²) in [6, 6.07) is 17.0. The third kappa shape index (κ3) is 6.24. The maximum Gasteiger partial charge on any atom is 0.326 e. The second kappa shape index (κ2) is 11.7. The van der Waals surface area contributed by atoms with Crippen LogP contribution in [0, 0.1) is 11.2 Å². The molecule has 3 aromatic rings. The molecule has 2 saturated heterocycles. The first-order valence-electron chi connectivity index (χ1n) is 14.4. The number of ether oxygens (including phenoxy) is 1.